The first kappa shape index (κ1) is 16.1. The summed E-state index contributed by atoms with van der Waals surface area (Å²) < 4.78 is 15.7. The lowest BCUT2D eigenvalue weighted by Gasteiger charge is -2.11. The van der Waals surface area contributed by atoms with E-state index in [0.717, 1.165) is 18.4 Å². The molecule has 128 valence electrons. The van der Waals surface area contributed by atoms with Gasteiger partial charge in [0.05, 0.1) is 28.7 Å². The van der Waals surface area contributed by atoms with Crippen molar-refractivity contribution in [2.45, 2.75) is 31.8 Å². The summed E-state index contributed by atoms with van der Waals surface area (Å²) in [6.07, 6.45) is 3.60. The highest BCUT2D eigenvalue weighted by molar-refractivity contribution is 6.63. The molecule has 3 aromatic rings. The van der Waals surface area contributed by atoms with Gasteiger partial charge in [0.2, 0.25) is 5.24 Å². The van der Waals surface area contributed by atoms with E-state index < -0.39 is 5.24 Å². The number of nitrogens with zero attached hydrogens (tertiary/aromatic N) is 4. The second kappa shape index (κ2) is 6.16. The molecule has 0 unspecified atom stereocenters. The number of carbonyl (C=O) groups excluding carboxylic acids is 1. The quantitative estimate of drug-likeness (QED) is 0.708. The number of benzene rings is 1. The number of imidazole rings is 1. The number of aromatic nitrogens is 4. The third-order valence-electron chi connectivity index (χ3n) is 4.21. The molecule has 0 spiro atoms. The summed E-state index contributed by atoms with van der Waals surface area (Å²) in [4.78, 5) is 24.3. The third kappa shape index (κ3) is 3.01. The third-order valence-corrected chi connectivity index (χ3v) is 4.35. The molecule has 1 saturated carbocycles. The van der Waals surface area contributed by atoms with Crippen LogP contribution in [0.3, 0.4) is 0 Å². The molecule has 2 aromatic heterocycles. The maximum Gasteiger partial charge on any atom is 0.229 e. The average molecular weight is 360 g/mol. The highest BCUT2D eigenvalue weighted by Gasteiger charge is 2.30. The van der Waals surface area contributed by atoms with Crippen molar-refractivity contribution in [2.24, 2.45) is 5.73 Å². The van der Waals surface area contributed by atoms with Gasteiger partial charge in [0.25, 0.3) is 0 Å². The van der Waals surface area contributed by atoms with Gasteiger partial charge in [-0.1, -0.05) is 0 Å². The molecule has 2 N–H and O–H groups in total. The minimum Gasteiger partial charge on any atom is -0.325 e. The van der Waals surface area contributed by atoms with Crippen LogP contribution in [0.1, 0.15) is 30.4 Å². The Morgan fingerprint density at radius 1 is 1.36 bits per heavy atom. The van der Waals surface area contributed by atoms with Crippen LogP contribution in [0.25, 0.3) is 22.4 Å². The van der Waals surface area contributed by atoms with Crippen molar-refractivity contribution >= 4 is 27.9 Å². The predicted octanol–water partition coefficient (Wildman–Crippen LogP) is 2.73. The van der Waals surface area contributed by atoms with E-state index in [-0.39, 0.29) is 24.8 Å². The molecule has 6 nitrogen and oxygen atoms in total. The van der Waals surface area contributed by atoms with E-state index in [0.29, 0.717) is 28.4 Å². The summed E-state index contributed by atoms with van der Waals surface area (Å²) >= 11 is 5.41. The van der Waals surface area contributed by atoms with Gasteiger partial charge in [-0.15, -0.1) is 0 Å². The van der Waals surface area contributed by atoms with Gasteiger partial charge >= 0.3 is 0 Å². The van der Waals surface area contributed by atoms with E-state index in [4.69, 9.17) is 17.3 Å². The number of halogens is 2. The van der Waals surface area contributed by atoms with Crippen LogP contribution in [-0.2, 0) is 17.8 Å². The largest absolute Gasteiger partial charge is 0.325 e. The maximum absolute atomic E-state index is 13.7. The van der Waals surface area contributed by atoms with E-state index in [2.05, 4.69) is 15.0 Å². The van der Waals surface area contributed by atoms with Crippen molar-refractivity contribution < 1.29 is 9.18 Å². The molecule has 0 amide bonds. The van der Waals surface area contributed by atoms with Crippen LogP contribution in [0.15, 0.2) is 24.4 Å². The van der Waals surface area contributed by atoms with Gasteiger partial charge in [-0.2, -0.15) is 0 Å². The van der Waals surface area contributed by atoms with Crippen LogP contribution in [0.5, 0.6) is 0 Å². The van der Waals surface area contributed by atoms with Crippen LogP contribution < -0.4 is 5.73 Å². The van der Waals surface area contributed by atoms with Gasteiger partial charge in [0.1, 0.15) is 17.5 Å². The Kier molecular flexibility index (Phi) is 3.97. The number of fused-ring (bicyclic) bond motifs is 1. The lowest BCUT2D eigenvalue weighted by atomic mass is 10.2. The molecule has 0 saturated heterocycles. The number of carbonyl (C=O) groups is 1. The zero-order valence-electron chi connectivity index (χ0n) is 13.2. The summed E-state index contributed by atoms with van der Waals surface area (Å²) in [5.41, 5.74) is 8.58. The van der Waals surface area contributed by atoms with E-state index in [1.54, 1.807) is 12.3 Å². The van der Waals surface area contributed by atoms with Crippen molar-refractivity contribution in [2.75, 3.05) is 0 Å². The Labute approximate surface area is 147 Å². The minimum absolute atomic E-state index is 0.0565. The molecule has 1 fully saturated rings. The molecule has 0 radical (unpaired) electrons. The highest BCUT2D eigenvalue weighted by atomic mass is 35.5. The molecule has 0 atom stereocenters. The van der Waals surface area contributed by atoms with Gasteiger partial charge in [-0.3, -0.25) is 4.79 Å². The predicted molar refractivity (Wildman–Crippen MR) is 91.4 cm³/mol. The minimum atomic E-state index is -0.531. The van der Waals surface area contributed by atoms with Gasteiger partial charge in [0, 0.05) is 18.8 Å². The molecule has 1 aliphatic rings. The average Bonchev–Trinajstić information content (AvgIpc) is 3.35. The molecule has 1 aromatic carbocycles. The Morgan fingerprint density at radius 3 is 2.84 bits per heavy atom. The Morgan fingerprint density at radius 2 is 2.16 bits per heavy atom. The summed E-state index contributed by atoms with van der Waals surface area (Å²) in [5.74, 6) is 0.698. The maximum atomic E-state index is 13.7. The molecule has 1 aliphatic carbocycles. The summed E-state index contributed by atoms with van der Waals surface area (Å²) in [5, 5.41) is -0.531. The lowest BCUT2D eigenvalue weighted by molar-refractivity contribution is -0.111. The smallest absolute Gasteiger partial charge is 0.229 e. The Balaban J connectivity index is 1.89. The zero-order chi connectivity index (χ0) is 17.6. The fraction of sp³-hybridized carbons (Fsp3) is 0.294. The van der Waals surface area contributed by atoms with E-state index in [1.807, 2.05) is 4.57 Å². The lowest BCUT2D eigenvalue weighted by Crippen LogP contribution is -2.10. The molecule has 25 heavy (non-hydrogen) atoms. The summed E-state index contributed by atoms with van der Waals surface area (Å²) in [6.45, 7) is 0.170. The van der Waals surface area contributed by atoms with Crippen molar-refractivity contribution in [3.8, 4) is 11.4 Å². The second-order valence-corrected chi connectivity index (χ2v) is 6.47. The molecule has 0 bridgehead atoms. The standard InChI is InChI=1S/C17H15ClFN5O/c18-15(25)6-16-21-8-11(13(7-20)22-16)17-23-12-4-1-9(19)5-14(12)24(17)10-2-3-10/h1,4-5,8,10H,2-3,6-7,20H2. The molecule has 8 heteroatoms. The van der Waals surface area contributed by atoms with Gasteiger partial charge < -0.3 is 10.3 Å². The molecular formula is C17H15ClFN5O. The van der Waals surface area contributed by atoms with Crippen LogP contribution in [0.4, 0.5) is 4.39 Å². The molecule has 0 aliphatic heterocycles. The Bertz CT molecular complexity index is 983. The monoisotopic (exact) mass is 359 g/mol. The number of hydrogen-bond acceptors (Lipinski definition) is 5. The topological polar surface area (TPSA) is 86.7 Å². The first-order chi connectivity index (χ1) is 12.1. The van der Waals surface area contributed by atoms with E-state index in [1.165, 1.54) is 12.1 Å². The van der Waals surface area contributed by atoms with Crippen molar-refractivity contribution in [1.82, 2.24) is 19.5 Å². The number of nitrogens with two attached hydrogens (primary N) is 1. The fourth-order valence-corrected chi connectivity index (χ4v) is 3.09. The number of hydrogen-bond donors (Lipinski definition) is 1. The first-order valence-corrected chi connectivity index (χ1v) is 8.35. The van der Waals surface area contributed by atoms with Crippen molar-refractivity contribution in [3.05, 3.63) is 41.7 Å². The van der Waals surface area contributed by atoms with E-state index in [9.17, 15) is 9.18 Å². The van der Waals surface area contributed by atoms with Gasteiger partial charge in [-0.05, 0) is 42.6 Å². The Hall–Kier alpha value is -2.38. The second-order valence-electron chi connectivity index (χ2n) is 6.05. The fourth-order valence-electron chi connectivity index (χ4n) is 2.97. The van der Waals surface area contributed by atoms with Crippen molar-refractivity contribution in [3.63, 3.8) is 0 Å². The van der Waals surface area contributed by atoms with Crippen LogP contribution in [0, 0.1) is 5.82 Å². The van der Waals surface area contributed by atoms with Gasteiger partial charge in [0.15, 0.2) is 0 Å². The van der Waals surface area contributed by atoms with Crippen molar-refractivity contribution in [1.29, 1.82) is 0 Å². The summed E-state index contributed by atoms with van der Waals surface area (Å²) in [6, 6.07) is 4.84. The van der Waals surface area contributed by atoms with Crippen LogP contribution in [-0.4, -0.2) is 24.8 Å². The highest BCUT2D eigenvalue weighted by Crippen LogP contribution is 2.41. The van der Waals surface area contributed by atoms with Gasteiger partial charge in [-0.25, -0.2) is 19.3 Å². The summed E-state index contributed by atoms with van der Waals surface area (Å²) in [7, 11) is 0. The molecule has 2 heterocycles. The zero-order valence-corrected chi connectivity index (χ0v) is 14.0. The SMILES string of the molecule is NCc1nc(CC(=O)Cl)ncc1-c1nc2ccc(F)cc2n1C1CC1. The van der Waals surface area contributed by atoms with Crippen LogP contribution in [0.2, 0.25) is 0 Å². The number of rotatable bonds is 5. The molecular weight excluding hydrogens is 345 g/mol. The van der Waals surface area contributed by atoms with E-state index >= 15 is 0 Å². The first-order valence-electron chi connectivity index (χ1n) is 7.98. The van der Waals surface area contributed by atoms with Crippen LogP contribution >= 0.6 is 11.6 Å². The molecule has 4 rings (SSSR count). The normalized spacial score (nSPS) is 14.2.